The maximum absolute atomic E-state index is 12.4. The molecule has 2 amide bonds. The van der Waals surface area contributed by atoms with Gasteiger partial charge in [0.25, 0.3) is 0 Å². The van der Waals surface area contributed by atoms with Gasteiger partial charge in [-0.25, -0.2) is 0 Å². The lowest BCUT2D eigenvalue weighted by Crippen LogP contribution is -2.44. The number of hydrogen-bond acceptors (Lipinski definition) is 3. The molecule has 116 valence electrons. The molecule has 1 fully saturated rings. The zero-order valence-corrected chi connectivity index (χ0v) is 13.2. The Morgan fingerprint density at radius 3 is 2.67 bits per heavy atom. The molecule has 1 aliphatic heterocycles. The number of hydrogen-bond donors (Lipinski definition) is 1. The van der Waals surface area contributed by atoms with Crippen LogP contribution >= 0.6 is 0 Å². The van der Waals surface area contributed by atoms with Gasteiger partial charge in [-0.3, -0.25) is 14.3 Å². The normalized spacial score (nSPS) is 17.1. The molecule has 0 spiro atoms. The van der Waals surface area contributed by atoms with Gasteiger partial charge in [-0.15, -0.1) is 0 Å². The number of carbonyl (C=O) groups excluding carboxylic acids is 2. The minimum atomic E-state index is -0.391. The van der Waals surface area contributed by atoms with Crippen LogP contribution in [0.1, 0.15) is 47.0 Å². The van der Waals surface area contributed by atoms with Crippen molar-refractivity contribution in [2.45, 2.75) is 58.5 Å². The lowest BCUT2D eigenvalue weighted by molar-refractivity contribution is -0.135. The van der Waals surface area contributed by atoms with Crippen molar-refractivity contribution in [2.24, 2.45) is 0 Å². The Morgan fingerprint density at radius 1 is 1.48 bits per heavy atom. The molecule has 0 saturated carbocycles. The predicted molar refractivity (Wildman–Crippen MR) is 80.9 cm³/mol. The molecule has 6 nitrogen and oxygen atoms in total. The van der Waals surface area contributed by atoms with Crippen LogP contribution in [0.3, 0.4) is 0 Å². The van der Waals surface area contributed by atoms with Gasteiger partial charge >= 0.3 is 0 Å². The third-order valence-electron chi connectivity index (χ3n) is 3.71. The van der Waals surface area contributed by atoms with E-state index < -0.39 is 6.04 Å². The van der Waals surface area contributed by atoms with Gasteiger partial charge in [0.05, 0.1) is 17.4 Å². The lowest BCUT2D eigenvalue weighted by Gasteiger charge is -2.25. The average Bonchev–Trinajstić information content (AvgIpc) is 3.00. The zero-order chi connectivity index (χ0) is 15.6. The summed E-state index contributed by atoms with van der Waals surface area (Å²) in [5, 5.41) is 7.13. The first-order valence-electron chi connectivity index (χ1n) is 7.48. The smallest absolute Gasteiger partial charge is 0.247 e. The first-order valence-corrected chi connectivity index (χ1v) is 7.48. The molecule has 21 heavy (non-hydrogen) atoms. The van der Waals surface area contributed by atoms with Crippen LogP contribution in [0, 0.1) is 0 Å². The minimum absolute atomic E-state index is 0.0717. The van der Waals surface area contributed by atoms with Crippen LogP contribution in [-0.4, -0.2) is 39.1 Å². The fraction of sp³-hybridized carbons (Fsp3) is 0.667. The summed E-state index contributed by atoms with van der Waals surface area (Å²) in [7, 11) is 0. The van der Waals surface area contributed by atoms with Gasteiger partial charge in [0.1, 0.15) is 6.04 Å². The van der Waals surface area contributed by atoms with E-state index in [0.29, 0.717) is 25.1 Å². The maximum Gasteiger partial charge on any atom is 0.247 e. The molecule has 0 unspecified atom stereocenters. The fourth-order valence-corrected chi connectivity index (χ4v) is 2.53. The number of carbonyl (C=O) groups is 2. The molecule has 1 saturated heterocycles. The Bertz CT molecular complexity index is 530. The van der Waals surface area contributed by atoms with Crippen molar-refractivity contribution in [1.29, 1.82) is 0 Å². The van der Waals surface area contributed by atoms with Crippen LogP contribution in [0.2, 0.25) is 0 Å². The summed E-state index contributed by atoms with van der Waals surface area (Å²) in [6, 6.07) is -0.391. The fourth-order valence-electron chi connectivity index (χ4n) is 2.53. The molecule has 0 bridgehead atoms. The largest absolute Gasteiger partial charge is 0.331 e. The van der Waals surface area contributed by atoms with Gasteiger partial charge in [0.15, 0.2) is 0 Å². The summed E-state index contributed by atoms with van der Waals surface area (Å²) in [6.07, 6.45) is 5.46. The summed E-state index contributed by atoms with van der Waals surface area (Å²) in [5.41, 5.74) is 0.540. The Balaban J connectivity index is 2.06. The molecule has 2 heterocycles. The third kappa shape index (κ3) is 3.43. The second-order valence-corrected chi connectivity index (χ2v) is 6.45. The van der Waals surface area contributed by atoms with E-state index in [1.807, 2.05) is 38.6 Å². The quantitative estimate of drug-likeness (QED) is 0.922. The zero-order valence-electron chi connectivity index (χ0n) is 13.2. The van der Waals surface area contributed by atoms with Gasteiger partial charge in [0, 0.05) is 19.2 Å². The van der Waals surface area contributed by atoms with Crippen molar-refractivity contribution >= 4 is 17.5 Å². The molecular weight excluding hydrogens is 268 g/mol. The summed E-state index contributed by atoms with van der Waals surface area (Å²) >= 11 is 0. The number of anilines is 1. The van der Waals surface area contributed by atoms with E-state index in [1.54, 1.807) is 11.1 Å². The first-order chi connectivity index (χ1) is 9.82. The van der Waals surface area contributed by atoms with Crippen LogP contribution in [0.15, 0.2) is 12.4 Å². The molecule has 6 heteroatoms. The molecule has 0 aromatic carbocycles. The van der Waals surface area contributed by atoms with E-state index >= 15 is 0 Å². The number of rotatable bonds is 4. The second-order valence-electron chi connectivity index (χ2n) is 6.45. The molecule has 0 aliphatic carbocycles. The van der Waals surface area contributed by atoms with E-state index in [4.69, 9.17) is 0 Å². The van der Waals surface area contributed by atoms with Gasteiger partial charge in [-0.05, 0) is 33.6 Å². The van der Waals surface area contributed by atoms with Crippen LogP contribution in [0.5, 0.6) is 0 Å². The molecule has 1 aliphatic rings. The molecule has 1 N–H and O–H groups in total. The van der Waals surface area contributed by atoms with Crippen LogP contribution in [0.4, 0.5) is 5.69 Å². The van der Waals surface area contributed by atoms with Crippen molar-refractivity contribution in [3.8, 4) is 0 Å². The monoisotopic (exact) mass is 292 g/mol. The third-order valence-corrected chi connectivity index (χ3v) is 3.71. The second kappa shape index (κ2) is 5.87. The maximum atomic E-state index is 12.4. The van der Waals surface area contributed by atoms with Gasteiger partial charge in [-0.1, -0.05) is 6.92 Å². The topological polar surface area (TPSA) is 67.2 Å². The first kappa shape index (κ1) is 15.5. The van der Waals surface area contributed by atoms with Gasteiger partial charge < -0.3 is 10.2 Å². The lowest BCUT2D eigenvalue weighted by atomic mass is 10.1. The van der Waals surface area contributed by atoms with Crippen LogP contribution in [-0.2, 0) is 15.1 Å². The summed E-state index contributed by atoms with van der Waals surface area (Å²) in [5.74, 6) is -0.0661. The summed E-state index contributed by atoms with van der Waals surface area (Å²) in [4.78, 5) is 25.9. The molecule has 1 atom stereocenters. The number of amides is 2. The Labute approximate surface area is 125 Å². The van der Waals surface area contributed by atoms with Crippen molar-refractivity contribution in [2.75, 3.05) is 11.9 Å². The summed E-state index contributed by atoms with van der Waals surface area (Å²) in [6.45, 7) is 8.73. The Hall–Kier alpha value is -1.85. The number of nitrogens with one attached hydrogen (secondary N) is 1. The molecule has 1 aromatic heterocycles. The number of nitrogens with zero attached hydrogens (tertiary/aromatic N) is 3. The molecule has 1 aromatic rings. The van der Waals surface area contributed by atoms with E-state index in [2.05, 4.69) is 10.4 Å². The van der Waals surface area contributed by atoms with E-state index in [-0.39, 0.29) is 17.4 Å². The van der Waals surface area contributed by atoms with E-state index in [0.717, 1.165) is 6.42 Å². The SMILES string of the molecule is CC[C@H](C(=O)Nc1cnn(C(C)(C)C)c1)N1CCCC1=O. The molecule has 0 radical (unpaired) electrons. The minimum Gasteiger partial charge on any atom is -0.331 e. The average molecular weight is 292 g/mol. The van der Waals surface area contributed by atoms with Crippen LogP contribution in [0.25, 0.3) is 0 Å². The van der Waals surface area contributed by atoms with Crippen LogP contribution < -0.4 is 5.32 Å². The number of likely N-dealkylation sites (tertiary alicyclic amines) is 1. The summed E-state index contributed by atoms with van der Waals surface area (Å²) < 4.78 is 1.81. The highest BCUT2D eigenvalue weighted by Gasteiger charge is 2.31. The standard InChI is InChI=1S/C15H24N4O2/c1-5-12(18-8-6-7-13(18)20)14(21)17-11-9-16-19(10-11)15(2,3)4/h9-10,12H,5-8H2,1-4H3,(H,17,21)/t12-/m1/s1. The Morgan fingerprint density at radius 2 is 2.19 bits per heavy atom. The number of aromatic nitrogens is 2. The van der Waals surface area contributed by atoms with Gasteiger partial charge in [0.2, 0.25) is 11.8 Å². The Kier molecular flexibility index (Phi) is 4.34. The predicted octanol–water partition coefficient (Wildman–Crippen LogP) is 1.98. The van der Waals surface area contributed by atoms with E-state index in [9.17, 15) is 9.59 Å². The molecular formula is C15H24N4O2. The highest BCUT2D eigenvalue weighted by molar-refractivity contribution is 5.97. The van der Waals surface area contributed by atoms with Crippen molar-refractivity contribution in [3.63, 3.8) is 0 Å². The highest BCUT2D eigenvalue weighted by Crippen LogP contribution is 2.19. The molecule has 2 rings (SSSR count). The van der Waals surface area contributed by atoms with Crippen molar-refractivity contribution in [1.82, 2.24) is 14.7 Å². The van der Waals surface area contributed by atoms with E-state index in [1.165, 1.54) is 0 Å². The highest BCUT2D eigenvalue weighted by atomic mass is 16.2. The van der Waals surface area contributed by atoms with Crippen molar-refractivity contribution in [3.05, 3.63) is 12.4 Å². The van der Waals surface area contributed by atoms with Gasteiger partial charge in [-0.2, -0.15) is 5.10 Å². The van der Waals surface area contributed by atoms with Crippen molar-refractivity contribution < 1.29 is 9.59 Å².